The molecule has 0 fully saturated rings. The van der Waals surface area contributed by atoms with Crippen LogP contribution in [-0.2, 0) is 6.61 Å². The summed E-state index contributed by atoms with van der Waals surface area (Å²) in [7, 11) is 0. The lowest BCUT2D eigenvalue weighted by Crippen LogP contribution is -1.99. The van der Waals surface area contributed by atoms with Crippen LogP contribution in [0.15, 0.2) is 47.0 Å². The Balaban J connectivity index is 1.74. The van der Waals surface area contributed by atoms with E-state index in [2.05, 4.69) is 10.1 Å². The SMILES string of the molecule is O=[N+]([O-])c1cc(Cl)ccc1OCc1nc(-c2ccc(Cl)cc2)no1. The molecule has 1 heterocycles. The van der Waals surface area contributed by atoms with Gasteiger partial charge in [0.15, 0.2) is 12.4 Å². The van der Waals surface area contributed by atoms with Gasteiger partial charge in [0.25, 0.3) is 5.89 Å². The van der Waals surface area contributed by atoms with Gasteiger partial charge in [-0.05, 0) is 36.4 Å². The maximum absolute atomic E-state index is 11.0. The van der Waals surface area contributed by atoms with E-state index in [-0.39, 0.29) is 29.0 Å². The molecule has 2 aromatic carbocycles. The molecule has 0 spiro atoms. The van der Waals surface area contributed by atoms with Gasteiger partial charge < -0.3 is 9.26 Å². The van der Waals surface area contributed by atoms with E-state index < -0.39 is 4.92 Å². The Morgan fingerprint density at radius 2 is 1.83 bits per heavy atom. The van der Waals surface area contributed by atoms with E-state index in [0.29, 0.717) is 10.8 Å². The molecule has 0 aliphatic heterocycles. The second kappa shape index (κ2) is 6.86. The first-order valence-electron chi connectivity index (χ1n) is 6.68. The average molecular weight is 366 g/mol. The molecule has 0 aliphatic carbocycles. The summed E-state index contributed by atoms with van der Waals surface area (Å²) in [6.07, 6.45) is 0. The van der Waals surface area contributed by atoms with Crippen LogP contribution in [0.25, 0.3) is 11.4 Å². The van der Waals surface area contributed by atoms with Crippen LogP contribution in [0, 0.1) is 10.1 Å². The molecule has 0 bridgehead atoms. The van der Waals surface area contributed by atoms with Crippen molar-refractivity contribution in [2.45, 2.75) is 6.61 Å². The van der Waals surface area contributed by atoms with Crippen LogP contribution in [0.3, 0.4) is 0 Å². The fourth-order valence-electron chi connectivity index (χ4n) is 1.92. The minimum absolute atomic E-state index is 0.0654. The molecule has 1 aromatic heterocycles. The first kappa shape index (κ1) is 16.2. The number of nitro groups is 1. The molecule has 0 unspecified atom stereocenters. The standard InChI is InChI=1S/C15H9Cl2N3O4/c16-10-3-1-9(2-4-10)15-18-14(24-19-15)8-23-13-6-5-11(17)7-12(13)20(21)22/h1-7H,8H2. The van der Waals surface area contributed by atoms with Crippen LogP contribution in [0.2, 0.25) is 10.0 Å². The van der Waals surface area contributed by atoms with Crippen LogP contribution in [0.5, 0.6) is 5.75 Å². The van der Waals surface area contributed by atoms with Gasteiger partial charge in [-0.1, -0.05) is 28.4 Å². The molecule has 0 saturated heterocycles. The molecule has 0 radical (unpaired) electrons. The summed E-state index contributed by atoms with van der Waals surface area (Å²) in [5.74, 6) is 0.621. The maximum Gasteiger partial charge on any atom is 0.312 e. The molecule has 24 heavy (non-hydrogen) atoms. The molecule has 3 aromatic rings. The van der Waals surface area contributed by atoms with Crippen molar-refractivity contribution in [3.8, 4) is 17.1 Å². The highest BCUT2D eigenvalue weighted by Gasteiger charge is 2.17. The number of hydrogen-bond donors (Lipinski definition) is 0. The summed E-state index contributed by atoms with van der Waals surface area (Å²) in [6.45, 7) is -0.108. The highest BCUT2D eigenvalue weighted by atomic mass is 35.5. The van der Waals surface area contributed by atoms with Gasteiger partial charge in [-0.3, -0.25) is 10.1 Å². The van der Waals surface area contributed by atoms with Crippen LogP contribution < -0.4 is 4.74 Å². The van der Waals surface area contributed by atoms with Crippen molar-refractivity contribution in [1.29, 1.82) is 0 Å². The number of hydrogen-bond acceptors (Lipinski definition) is 6. The van der Waals surface area contributed by atoms with Gasteiger partial charge in [0.1, 0.15) is 0 Å². The Morgan fingerprint density at radius 3 is 2.54 bits per heavy atom. The van der Waals surface area contributed by atoms with E-state index in [1.54, 1.807) is 24.3 Å². The van der Waals surface area contributed by atoms with Gasteiger partial charge in [-0.15, -0.1) is 0 Å². The van der Waals surface area contributed by atoms with Crippen molar-refractivity contribution in [2.24, 2.45) is 0 Å². The minimum Gasteiger partial charge on any atom is -0.477 e. The van der Waals surface area contributed by atoms with Crippen molar-refractivity contribution in [3.05, 3.63) is 68.5 Å². The van der Waals surface area contributed by atoms with Crippen molar-refractivity contribution in [1.82, 2.24) is 10.1 Å². The summed E-state index contributed by atoms with van der Waals surface area (Å²) in [6, 6.07) is 11.0. The zero-order valence-corrected chi connectivity index (χ0v) is 13.5. The maximum atomic E-state index is 11.0. The van der Waals surface area contributed by atoms with Crippen LogP contribution >= 0.6 is 23.2 Å². The number of aromatic nitrogens is 2. The molecule has 9 heteroatoms. The van der Waals surface area contributed by atoms with Gasteiger partial charge >= 0.3 is 5.69 Å². The third-order valence-electron chi connectivity index (χ3n) is 3.04. The monoisotopic (exact) mass is 365 g/mol. The van der Waals surface area contributed by atoms with Crippen molar-refractivity contribution in [3.63, 3.8) is 0 Å². The highest BCUT2D eigenvalue weighted by Crippen LogP contribution is 2.30. The molecule has 3 rings (SSSR count). The summed E-state index contributed by atoms with van der Waals surface area (Å²) < 4.78 is 10.5. The lowest BCUT2D eigenvalue weighted by Gasteiger charge is -2.04. The summed E-state index contributed by atoms with van der Waals surface area (Å²) in [5, 5.41) is 15.7. The van der Waals surface area contributed by atoms with Gasteiger partial charge in [0.2, 0.25) is 5.82 Å². The molecular formula is C15H9Cl2N3O4. The van der Waals surface area contributed by atoms with Crippen LogP contribution in [0.4, 0.5) is 5.69 Å². The molecule has 0 atom stereocenters. The van der Waals surface area contributed by atoms with E-state index in [4.69, 9.17) is 32.5 Å². The van der Waals surface area contributed by atoms with Crippen LogP contribution in [0.1, 0.15) is 5.89 Å². The Labute approximate surface area is 145 Å². The second-order valence-electron chi connectivity index (χ2n) is 4.68. The number of halogens is 2. The average Bonchev–Trinajstić information content (AvgIpc) is 3.03. The van der Waals surface area contributed by atoms with E-state index in [0.717, 1.165) is 5.56 Å². The lowest BCUT2D eigenvalue weighted by atomic mass is 10.2. The molecule has 0 aliphatic rings. The van der Waals surface area contributed by atoms with Crippen molar-refractivity contribution in [2.75, 3.05) is 0 Å². The zero-order valence-electron chi connectivity index (χ0n) is 12.0. The third kappa shape index (κ3) is 3.64. The highest BCUT2D eigenvalue weighted by molar-refractivity contribution is 6.31. The largest absolute Gasteiger partial charge is 0.477 e. The number of nitrogens with zero attached hydrogens (tertiary/aromatic N) is 3. The number of ether oxygens (including phenoxy) is 1. The molecule has 0 amide bonds. The van der Waals surface area contributed by atoms with E-state index in [1.165, 1.54) is 18.2 Å². The topological polar surface area (TPSA) is 91.3 Å². The van der Waals surface area contributed by atoms with Gasteiger partial charge in [0, 0.05) is 21.7 Å². The number of nitro benzene ring substituents is 1. The molecule has 7 nitrogen and oxygen atoms in total. The lowest BCUT2D eigenvalue weighted by molar-refractivity contribution is -0.385. The Hall–Kier alpha value is -2.64. The first-order chi connectivity index (χ1) is 11.5. The number of rotatable bonds is 5. The third-order valence-corrected chi connectivity index (χ3v) is 3.53. The Bertz CT molecular complexity index is 881. The van der Waals surface area contributed by atoms with Gasteiger partial charge in [-0.25, -0.2) is 0 Å². The number of benzene rings is 2. The fourth-order valence-corrected chi connectivity index (χ4v) is 2.22. The molecule has 0 saturated carbocycles. The fraction of sp³-hybridized carbons (Fsp3) is 0.0667. The van der Waals surface area contributed by atoms with Gasteiger partial charge in [-0.2, -0.15) is 4.98 Å². The predicted molar refractivity (Wildman–Crippen MR) is 87.2 cm³/mol. The summed E-state index contributed by atoms with van der Waals surface area (Å²) in [4.78, 5) is 14.6. The second-order valence-corrected chi connectivity index (χ2v) is 5.55. The van der Waals surface area contributed by atoms with E-state index in [9.17, 15) is 10.1 Å². The minimum atomic E-state index is -0.575. The normalized spacial score (nSPS) is 10.6. The quantitative estimate of drug-likeness (QED) is 0.487. The Morgan fingerprint density at radius 1 is 1.12 bits per heavy atom. The van der Waals surface area contributed by atoms with Gasteiger partial charge in [0.05, 0.1) is 4.92 Å². The van der Waals surface area contributed by atoms with Crippen molar-refractivity contribution >= 4 is 28.9 Å². The smallest absolute Gasteiger partial charge is 0.312 e. The molecule has 0 N–H and O–H groups in total. The summed E-state index contributed by atoms with van der Waals surface area (Å²) in [5.41, 5.74) is 0.492. The van der Waals surface area contributed by atoms with Crippen LogP contribution in [-0.4, -0.2) is 15.1 Å². The summed E-state index contributed by atoms with van der Waals surface area (Å²) >= 11 is 11.6. The zero-order chi connectivity index (χ0) is 17.1. The predicted octanol–water partition coefficient (Wildman–Crippen LogP) is 4.53. The van der Waals surface area contributed by atoms with Crippen molar-refractivity contribution < 1.29 is 14.2 Å². The molecule has 122 valence electrons. The Kier molecular flexibility index (Phi) is 4.64. The van der Waals surface area contributed by atoms with E-state index >= 15 is 0 Å². The first-order valence-corrected chi connectivity index (χ1v) is 7.44. The molecular weight excluding hydrogens is 357 g/mol. The van der Waals surface area contributed by atoms with E-state index in [1.807, 2.05) is 0 Å².